The fraction of sp³-hybridized carbons (Fsp3) is 0.429. The van der Waals surface area contributed by atoms with Gasteiger partial charge in [0.25, 0.3) is 0 Å². The van der Waals surface area contributed by atoms with Crippen LogP contribution in [0.5, 0.6) is 0 Å². The molecule has 0 aliphatic heterocycles. The second-order valence-electron chi connectivity index (χ2n) is 4.01. The van der Waals surface area contributed by atoms with E-state index in [1.165, 1.54) is 12.1 Å². The highest BCUT2D eigenvalue weighted by Gasteiger charge is 2.13. The maximum Gasteiger partial charge on any atom is 0.123 e. The molecule has 1 aromatic rings. The first-order valence-electron chi connectivity index (χ1n) is 5.89. The summed E-state index contributed by atoms with van der Waals surface area (Å²) in [5.74, 6) is 2.46. The minimum Gasteiger partial charge on any atom is -0.329 e. The van der Waals surface area contributed by atoms with Gasteiger partial charge in [-0.2, -0.15) is 0 Å². The highest BCUT2D eigenvalue weighted by atomic mass is 19.1. The van der Waals surface area contributed by atoms with E-state index in [1.807, 2.05) is 0 Å². The van der Waals surface area contributed by atoms with Crippen molar-refractivity contribution in [3.05, 3.63) is 35.6 Å². The minimum absolute atomic E-state index is 0.0126. The summed E-state index contributed by atoms with van der Waals surface area (Å²) in [4.78, 5) is 0. The number of terminal acetylenes is 1. The maximum absolute atomic E-state index is 12.8. The SMILES string of the molecule is C#CC(CCC)NC(CN)c1ccc(F)cc1. The van der Waals surface area contributed by atoms with Gasteiger partial charge in [0.1, 0.15) is 5.82 Å². The Hall–Kier alpha value is -1.37. The lowest BCUT2D eigenvalue weighted by molar-refractivity contribution is 0.475. The monoisotopic (exact) mass is 234 g/mol. The molecular weight excluding hydrogens is 215 g/mol. The van der Waals surface area contributed by atoms with Crippen LogP contribution in [0.15, 0.2) is 24.3 Å². The van der Waals surface area contributed by atoms with Crippen LogP contribution in [0.2, 0.25) is 0 Å². The first-order valence-corrected chi connectivity index (χ1v) is 5.89. The molecule has 17 heavy (non-hydrogen) atoms. The average molecular weight is 234 g/mol. The zero-order valence-corrected chi connectivity index (χ0v) is 10.1. The number of hydrogen-bond acceptors (Lipinski definition) is 2. The molecule has 0 aromatic heterocycles. The van der Waals surface area contributed by atoms with Crippen LogP contribution in [-0.2, 0) is 0 Å². The van der Waals surface area contributed by atoms with E-state index in [2.05, 4.69) is 18.2 Å². The molecule has 1 aromatic carbocycles. The van der Waals surface area contributed by atoms with Gasteiger partial charge in [0.15, 0.2) is 0 Å². The number of rotatable bonds is 6. The molecule has 0 saturated carbocycles. The van der Waals surface area contributed by atoms with Crippen LogP contribution < -0.4 is 11.1 Å². The van der Waals surface area contributed by atoms with Crippen molar-refractivity contribution >= 4 is 0 Å². The van der Waals surface area contributed by atoms with Crippen molar-refractivity contribution < 1.29 is 4.39 Å². The van der Waals surface area contributed by atoms with Gasteiger partial charge in [-0.05, 0) is 24.1 Å². The third-order valence-corrected chi connectivity index (χ3v) is 2.69. The summed E-state index contributed by atoms with van der Waals surface area (Å²) in [6, 6.07) is 6.33. The van der Waals surface area contributed by atoms with Crippen molar-refractivity contribution in [3.8, 4) is 12.3 Å². The number of halogens is 1. The normalized spacial score (nSPS) is 14.0. The van der Waals surface area contributed by atoms with Crippen molar-refractivity contribution in [1.82, 2.24) is 5.32 Å². The van der Waals surface area contributed by atoms with Crippen molar-refractivity contribution in [2.75, 3.05) is 6.54 Å². The second-order valence-corrected chi connectivity index (χ2v) is 4.01. The molecule has 0 heterocycles. The molecule has 0 aliphatic rings. The van der Waals surface area contributed by atoms with Crippen LogP contribution in [0, 0.1) is 18.2 Å². The van der Waals surface area contributed by atoms with Gasteiger partial charge in [-0.15, -0.1) is 6.42 Å². The second kappa shape index (κ2) is 7.05. The molecule has 0 bridgehead atoms. The molecule has 2 atom stereocenters. The lowest BCUT2D eigenvalue weighted by Gasteiger charge is -2.21. The van der Waals surface area contributed by atoms with Crippen LogP contribution in [0.25, 0.3) is 0 Å². The Labute approximate surface area is 102 Å². The molecule has 3 N–H and O–H groups in total. The van der Waals surface area contributed by atoms with Crippen molar-refractivity contribution in [2.45, 2.75) is 31.8 Å². The minimum atomic E-state index is -0.244. The van der Waals surface area contributed by atoms with Gasteiger partial charge in [-0.3, -0.25) is 5.32 Å². The Bertz CT molecular complexity index is 367. The topological polar surface area (TPSA) is 38.0 Å². The Morgan fingerprint density at radius 3 is 2.53 bits per heavy atom. The summed E-state index contributed by atoms with van der Waals surface area (Å²) >= 11 is 0. The molecular formula is C14H19FN2. The molecule has 0 amide bonds. The van der Waals surface area contributed by atoms with E-state index in [4.69, 9.17) is 12.2 Å². The zero-order valence-electron chi connectivity index (χ0n) is 10.1. The summed E-state index contributed by atoms with van der Waals surface area (Å²) in [6.45, 7) is 2.52. The largest absolute Gasteiger partial charge is 0.329 e. The predicted molar refractivity (Wildman–Crippen MR) is 68.9 cm³/mol. The van der Waals surface area contributed by atoms with Crippen LogP contribution in [-0.4, -0.2) is 12.6 Å². The molecule has 0 aliphatic carbocycles. The standard InChI is InChI=1S/C14H19FN2/c1-3-5-13(4-2)17-14(10-16)11-6-8-12(15)9-7-11/h2,6-9,13-14,17H,3,5,10,16H2,1H3. The number of hydrogen-bond donors (Lipinski definition) is 2. The van der Waals surface area contributed by atoms with Gasteiger partial charge >= 0.3 is 0 Å². The lowest BCUT2D eigenvalue weighted by Crippen LogP contribution is -2.35. The maximum atomic E-state index is 12.8. The Morgan fingerprint density at radius 2 is 2.06 bits per heavy atom. The molecule has 0 spiro atoms. The van der Waals surface area contributed by atoms with E-state index >= 15 is 0 Å². The first kappa shape index (κ1) is 13.7. The molecule has 0 radical (unpaired) electrons. The van der Waals surface area contributed by atoms with Crippen molar-refractivity contribution in [1.29, 1.82) is 0 Å². The van der Waals surface area contributed by atoms with Crippen LogP contribution in [0.4, 0.5) is 4.39 Å². The van der Waals surface area contributed by atoms with Crippen molar-refractivity contribution in [3.63, 3.8) is 0 Å². The van der Waals surface area contributed by atoms with Crippen LogP contribution in [0.1, 0.15) is 31.4 Å². The molecule has 2 unspecified atom stereocenters. The molecule has 0 saturated heterocycles. The van der Waals surface area contributed by atoms with Crippen LogP contribution in [0.3, 0.4) is 0 Å². The Balaban J connectivity index is 2.71. The fourth-order valence-corrected chi connectivity index (χ4v) is 1.74. The summed E-state index contributed by atoms with van der Waals surface area (Å²) in [5, 5.41) is 3.31. The number of nitrogens with two attached hydrogens (primary N) is 1. The van der Waals surface area contributed by atoms with E-state index < -0.39 is 0 Å². The van der Waals surface area contributed by atoms with E-state index in [1.54, 1.807) is 12.1 Å². The molecule has 0 fully saturated rings. The molecule has 1 rings (SSSR count). The summed E-state index contributed by atoms with van der Waals surface area (Å²) in [6.07, 6.45) is 7.38. The van der Waals surface area contributed by atoms with Crippen LogP contribution >= 0.6 is 0 Å². The molecule has 92 valence electrons. The fourth-order valence-electron chi connectivity index (χ4n) is 1.74. The Kier molecular flexibility index (Phi) is 5.68. The zero-order chi connectivity index (χ0) is 12.7. The highest BCUT2D eigenvalue weighted by molar-refractivity contribution is 5.21. The van der Waals surface area contributed by atoms with Gasteiger partial charge in [0.2, 0.25) is 0 Å². The van der Waals surface area contributed by atoms with Gasteiger partial charge < -0.3 is 5.73 Å². The van der Waals surface area contributed by atoms with E-state index in [0.29, 0.717) is 6.54 Å². The van der Waals surface area contributed by atoms with E-state index in [9.17, 15) is 4.39 Å². The quantitative estimate of drug-likeness (QED) is 0.741. The third-order valence-electron chi connectivity index (χ3n) is 2.69. The number of nitrogens with one attached hydrogen (secondary N) is 1. The van der Waals surface area contributed by atoms with E-state index in [-0.39, 0.29) is 17.9 Å². The third kappa shape index (κ3) is 4.18. The van der Waals surface area contributed by atoms with Gasteiger partial charge in [-0.1, -0.05) is 31.4 Å². The van der Waals surface area contributed by atoms with Crippen molar-refractivity contribution in [2.24, 2.45) is 5.73 Å². The average Bonchev–Trinajstić information content (AvgIpc) is 2.36. The van der Waals surface area contributed by atoms with Gasteiger partial charge in [0, 0.05) is 12.6 Å². The first-order chi connectivity index (χ1) is 8.21. The Morgan fingerprint density at radius 1 is 1.41 bits per heavy atom. The molecule has 3 heteroatoms. The van der Waals surface area contributed by atoms with Gasteiger partial charge in [0.05, 0.1) is 6.04 Å². The number of benzene rings is 1. The van der Waals surface area contributed by atoms with Gasteiger partial charge in [-0.25, -0.2) is 4.39 Å². The highest BCUT2D eigenvalue weighted by Crippen LogP contribution is 2.14. The summed E-state index contributed by atoms with van der Waals surface area (Å²) in [5.41, 5.74) is 6.68. The lowest BCUT2D eigenvalue weighted by atomic mass is 10.0. The predicted octanol–water partition coefficient (Wildman–Crippen LogP) is 2.22. The smallest absolute Gasteiger partial charge is 0.123 e. The van der Waals surface area contributed by atoms with E-state index in [0.717, 1.165) is 18.4 Å². The molecule has 2 nitrogen and oxygen atoms in total. The summed E-state index contributed by atoms with van der Waals surface area (Å²) in [7, 11) is 0. The summed E-state index contributed by atoms with van der Waals surface area (Å²) < 4.78 is 12.8.